The van der Waals surface area contributed by atoms with Gasteiger partial charge in [-0.3, -0.25) is 25.1 Å². The Morgan fingerprint density at radius 2 is 1.79 bits per heavy atom. The molecule has 0 unspecified atom stereocenters. The monoisotopic (exact) mass is 395 g/mol. The summed E-state index contributed by atoms with van der Waals surface area (Å²) in [7, 11) is 1.83. The standard InChI is InChI=1S/C19H21N7O3/c1-19(2,3)16(27)24-18(28)25-17-21-9-14(10-22-17)29-13-5-6-20-15(7-13)12-8-23-26(4)11-12/h5-11H,1-4H3,(H2,21,22,24,25,27,28). The first-order valence-corrected chi connectivity index (χ1v) is 8.78. The van der Waals surface area contributed by atoms with Gasteiger partial charge in [0, 0.05) is 36.5 Å². The molecule has 3 rings (SSSR count). The van der Waals surface area contributed by atoms with E-state index in [0.717, 1.165) is 11.3 Å². The van der Waals surface area contributed by atoms with Gasteiger partial charge in [0.05, 0.1) is 24.3 Å². The topological polar surface area (TPSA) is 124 Å². The lowest BCUT2D eigenvalue weighted by molar-refractivity contribution is -0.127. The SMILES string of the molecule is Cn1cc(-c2cc(Oc3cnc(NC(=O)NC(=O)C(C)(C)C)nc3)ccn2)cn1. The van der Waals surface area contributed by atoms with E-state index in [9.17, 15) is 9.59 Å². The summed E-state index contributed by atoms with van der Waals surface area (Å²) in [5.41, 5.74) is 0.898. The predicted molar refractivity (Wildman–Crippen MR) is 105 cm³/mol. The van der Waals surface area contributed by atoms with Gasteiger partial charge in [0.1, 0.15) is 5.75 Å². The van der Waals surface area contributed by atoms with E-state index >= 15 is 0 Å². The molecule has 0 aliphatic carbocycles. The molecule has 0 aliphatic rings. The van der Waals surface area contributed by atoms with E-state index in [1.807, 2.05) is 13.2 Å². The number of rotatable bonds is 4. The molecule has 10 heteroatoms. The van der Waals surface area contributed by atoms with E-state index in [4.69, 9.17) is 4.74 Å². The number of hydrogen-bond donors (Lipinski definition) is 2. The Bertz CT molecular complexity index is 1020. The molecule has 3 aromatic heterocycles. The van der Waals surface area contributed by atoms with E-state index in [1.54, 1.807) is 50.0 Å². The fraction of sp³-hybridized carbons (Fsp3) is 0.263. The Kier molecular flexibility index (Phi) is 5.53. The Morgan fingerprint density at radius 3 is 2.41 bits per heavy atom. The third-order valence-electron chi connectivity index (χ3n) is 3.73. The molecule has 2 N–H and O–H groups in total. The maximum Gasteiger partial charge on any atom is 0.328 e. The van der Waals surface area contributed by atoms with E-state index in [-0.39, 0.29) is 5.95 Å². The Balaban J connectivity index is 1.62. The molecule has 3 aromatic rings. The lowest BCUT2D eigenvalue weighted by Crippen LogP contribution is -2.41. The van der Waals surface area contributed by atoms with Crippen LogP contribution in [0.5, 0.6) is 11.5 Å². The molecule has 29 heavy (non-hydrogen) atoms. The van der Waals surface area contributed by atoms with Crippen LogP contribution in [0.4, 0.5) is 10.7 Å². The molecular weight excluding hydrogens is 374 g/mol. The summed E-state index contributed by atoms with van der Waals surface area (Å²) in [6.45, 7) is 5.12. The number of carbonyl (C=O) groups is 2. The molecule has 0 aliphatic heterocycles. The van der Waals surface area contributed by atoms with Crippen molar-refractivity contribution in [1.82, 2.24) is 30.0 Å². The lowest BCUT2D eigenvalue weighted by Gasteiger charge is -2.16. The van der Waals surface area contributed by atoms with Gasteiger partial charge in [-0.2, -0.15) is 5.10 Å². The third kappa shape index (κ3) is 5.34. The summed E-state index contributed by atoms with van der Waals surface area (Å²) < 4.78 is 7.43. The predicted octanol–water partition coefficient (Wildman–Crippen LogP) is 2.76. The molecule has 3 amide bonds. The number of amides is 3. The summed E-state index contributed by atoms with van der Waals surface area (Å²) >= 11 is 0. The van der Waals surface area contributed by atoms with Gasteiger partial charge in [-0.15, -0.1) is 0 Å². The van der Waals surface area contributed by atoms with Crippen LogP contribution in [0.1, 0.15) is 20.8 Å². The van der Waals surface area contributed by atoms with Gasteiger partial charge < -0.3 is 4.74 Å². The van der Waals surface area contributed by atoms with Gasteiger partial charge >= 0.3 is 6.03 Å². The van der Waals surface area contributed by atoms with Crippen LogP contribution in [0, 0.1) is 5.41 Å². The molecule has 0 bridgehead atoms. The first-order valence-electron chi connectivity index (χ1n) is 8.78. The summed E-state index contributed by atoms with van der Waals surface area (Å²) in [6, 6.07) is 2.78. The number of nitrogens with zero attached hydrogens (tertiary/aromatic N) is 5. The van der Waals surface area contributed by atoms with E-state index in [1.165, 1.54) is 12.4 Å². The van der Waals surface area contributed by atoms with Crippen molar-refractivity contribution in [2.75, 3.05) is 5.32 Å². The second kappa shape index (κ2) is 8.05. The number of pyridine rings is 1. The van der Waals surface area contributed by atoms with Crippen LogP contribution in [0.2, 0.25) is 0 Å². The zero-order valence-electron chi connectivity index (χ0n) is 16.5. The summed E-state index contributed by atoms with van der Waals surface area (Å²) in [5.74, 6) is 0.570. The number of carbonyl (C=O) groups excluding carboxylic acids is 2. The van der Waals surface area contributed by atoms with Gasteiger partial charge in [-0.1, -0.05) is 20.8 Å². The van der Waals surface area contributed by atoms with Crippen LogP contribution < -0.4 is 15.4 Å². The molecule has 150 valence electrons. The van der Waals surface area contributed by atoms with Crippen LogP contribution in [0.25, 0.3) is 11.3 Å². The average Bonchev–Trinajstić information content (AvgIpc) is 3.09. The molecule has 0 radical (unpaired) electrons. The minimum Gasteiger partial charge on any atom is -0.454 e. The van der Waals surface area contributed by atoms with E-state index < -0.39 is 17.4 Å². The second-order valence-electron chi connectivity index (χ2n) is 7.28. The molecule has 0 saturated heterocycles. The fourth-order valence-electron chi connectivity index (χ4n) is 2.18. The van der Waals surface area contributed by atoms with Crippen molar-refractivity contribution in [3.63, 3.8) is 0 Å². The smallest absolute Gasteiger partial charge is 0.328 e. The van der Waals surface area contributed by atoms with Crippen molar-refractivity contribution in [3.8, 4) is 22.8 Å². The van der Waals surface area contributed by atoms with Crippen LogP contribution in [-0.2, 0) is 11.8 Å². The molecule has 0 spiro atoms. The molecule has 0 saturated carbocycles. The molecule has 0 aromatic carbocycles. The number of hydrogen-bond acceptors (Lipinski definition) is 7. The van der Waals surface area contributed by atoms with Crippen LogP contribution >= 0.6 is 0 Å². The minimum atomic E-state index is -0.700. The third-order valence-corrected chi connectivity index (χ3v) is 3.73. The Labute approximate surface area is 167 Å². The summed E-state index contributed by atoms with van der Waals surface area (Å²) in [6.07, 6.45) is 8.03. The average molecular weight is 395 g/mol. The first kappa shape index (κ1) is 19.9. The van der Waals surface area contributed by atoms with Gasteiger partial charge in [-0.05, 0) is 6.07 Å². The molecule has 3 heterocycles. The number of urea groups is 1. The Hall–Kier alpha value is -3.82. The van der Waals surface area contributed by atoms with Crippen LogP contribution in [-0.4, -0.2) is 36.7 Å². The van der Waals surface area contributed by atoms with E-state index in [0.29, 0.717) is 11.5 Å². The highest BCUT2D eigenvalue weighted by molar-refractivity contribution is 6.02. The zero-order chi connectivity index (χ0) is 21.0. The number of aryl methyl sites for hydroxylation is 1. The van der Waals surface area contributed by atoms with Gasteiger partial charge in [-0.25, -0.2) is 14.8 Å². The molecular formula is C19H21N7O3. The summed E-state index contributed by atoms with van der Waals surface area (Å²) in [4.78, 5) is 36.0. The van der Waals surface area contributed by atoms with Gasteiger partial charge in [0.2, 0.25) is 11.9 Å². The fourth-order valence-corrected chi connectivity index (χ4v) is 2.18. The lowest BCUT2D eigenvalue weighted by atomic mass is 9.96. The molecule has 0 fully saturated rings. The second-order valence-corrected chi connectivity index (χ2v) is 7.28. The minimum absolute atomic E-state index is 0.0438. The van der Waals surface area contributed by atoms with Crippen molar-refractivity contribution in [2.45, 2.75) is 20.8 Å². The maximum absolute atomic E-state index is 11.9. The van der Waals surface area contributed by atoms with Crippen molar-refractivity contribution >= 4 is 17.9 Å². The van der Waals surface area contributed by atoms with Crippen LogP contribution in [0.3, 0.4) is 0 Å². The molecule has 10 nitrogen and oxygen atoms in total. The van der Waals surface area contributed by atoms with Crippen LogP contribution in [0.15, 0.2) is 43.1 Å². The highest BCUT2D eigenvalue weighted by atomic mass is 16.5. The van der Waals surface area contributed by atoms with Crippen molar-refractivity contribution < 1.29 is 14.3 Å². The zero-order valence-corrected chi connectivity index (χ0v) is 16.5. The number of ether oxygens (including phenoxy) is 1. The number of aromatic nitrogens is 5. The number of nitrogens with one attached hydrogen (secondary N) is 2. The largest absolute Gasteiger partial charge is 0.454 e. The van der Waals surface area contributed by atoms with Crippen molar-refractivity contribution in [1.29, 1.82) is 0 Å². The highest BCUT2D eigenvalue weighted by Crippen LogP contribution is 2.24. The number of anilines is 1. The molecule has 0 atom stereocenters. The highest BCUT2D eigenvalue weighted by Gasteiger charge is 2.23. The normalized spacial score (nSPS) is 11.0. The van der Waals surface area contributed by atoms with Gasteiger partial charge in [0.15, 0.2) is 5.75 Å². The Morgan fingerprint density at radius 1 is 1.07 bits per heavy atom. The van der Waals surface area contributed by atoms with Crippen molar-refractivity contribution in [2.24, 2.45) is 12.5 Å². The maximum atomic E-state index is 11.9. The summed E-state index contributed by atoms with van der Waals surface area (Å²) in [5, 5.41) is 8.76. The van der Waals surface area contributed by atoms with E-state index in [2.05, 4.69) is 30.7 Å². The van der Waals surface area contributed by atoms with Gasteiger partial charge in [0.25, 0.3) is 0 Å². The quantitative estimate of drug-likeness (QED) is 0.696. The first-order chi connectivity index (χ1) is 13.7. The number of imide groups is 1. The van der Waals surface area contributed by atoms with Crippen molar-refractivity contribution in [3.05, 3.63) is 43.1 Å².